The van der Waals surface area contributed by atoms with Crippen LogP contribution in [-0.2, 0) is 10.0 Å². The number of benzene rings is 1. The monoisotopic (exact) mass is 378 g/mol. The predicted molar refractivity (Wildman–Crippen MR) is 73.1 cm³/mol. The summed E-state index contributed by atoms with van der Waals surface area (Å²) in [6.45, 7) is 1.57. The minimum Gasteiger partial charge on any atom is -0.478 e. The maximum atomic E-state index is 14.0. The summed E-state index contributed by atoms with van der Waals surface area (Å²) in [5, 5.41) is 12.3. The van der Waals surface area contributed by atoms with Gasteiger partial charge in [-0.25, -0.2) is 22.3 Å². The number of aromatic carboxylic acids is 1. The largest absolute Gasteiger partial charge is 0.478 e. The molecule has 10 heteroatoms. The summed E-state index contributed by atoms with van der Waals surface area (Å²) in [5.74, 6) is -3.15. The molecule has 0 unspecified atom stereocenters. The van der Waals surface area contributed by atoms with E-state index in [2.05, 4.69) is 25.6 Å². The van der Waals surface area contributed by atoms with E-state index in [0.717, 1.165) is 12.1 Å². The van der Waals surface area contributed by atoms with Crippen LogP contribution < -0.4 is 4.72 Å². The number of nitrogens with zero attached hydrogens (tertiary/aromatic N) is 1. The summed E-state index contributed by atoms with van der Waals surface area (Å²) in [5.41, 5.74) is -0.341. The molecule has 0 aliphatic carbocycles. The fraction of sp³-hybridized carbons (Fsp3) is 0.0909. The molecular weight excluding hydrogens is 371 g/mol. The van der Waals surface area contributed by atoms with Crippen LogP contribution in [0, 0.1) is 12.7 Å². The Morgan fingerprint density at radius 1 is 1.43 bits per heavy atom. The Bertz CT molecular complexity index is 818. The lowest BCUT2D eigenvalue weighted by Crippen LogP contribution is -2.16. The number of carboxylic acid groups (broad SMARTS) is 1. The zero-order chi connectivity index (χ0) is 15.8. The van der Waals surface area contributed by atoms with E-state index >= 15 is 0 Å². The number of rotatable bonds is 4. The molecule has 112 valence electrons. The Morgan fingerprint density at radius 2 is 2.10 bits per heavy atom. The quantitative estimate of drug-likeness (QED) is 0.844. The molecule has 0 aliphatic rings. The van der Waals surface area contributed by atoms with E-state index in [4.69, 9.17) is 5.11 Å². The number of aromatic nitrogens is 1. The van der Waals surface area contributed by atoms with Gasteiger partial charge in [-0.2, -0.15) is 0 Å². The van der Waals surface area contributed by atoms with E-state index in [0.29, 0.717) is 5.69 Å². The van der Waals surface area contributed by atoms with Crippen molar-refractivity contribution in [2.45, 2.75) is 11.8 Å². The number of halogens is 2. The third-order valence-corrected chi connectivity index (χ3v) is 4.19. The molecule has 0 atom stereocenters. The van der Waals surface area contributed by atoms with Gasteiger partial charge in [0.15, 0.2) is 5.82 Å². The minimum atomic E-state index is -4.36. The smallest absolute Gasteiger partial charge is 0.338 e. The minimum absolute atomic E-state index is 0.107. The number of carboxylic acids is 1. The first kappa shape index (κ1) is 15.4. The van der Waals surface area contributed by atoms with Gasteiger partial charge in [0.25, 0.3) is 10.0 Å². The molecule has 0 aliphatic heterocycles. The average Bonchev–Trinajstić information content (AvgIpc) is 2.76. The summed E-state index contributed by atoms with van der Waals surface area (Å²) >= 11 is 2.94. The first-order valence-electron chi connectivity index (χ1n) is 5.39. The van der Waals surface area contributed by atoms with Crippen molar-refractivity contribution in [2.75, 3.05) is 4.72 Å². The molecule has 1 aromatic heterocycles. The molecule has 0 amide bonds. The number of anilines is 1. The topological polar surface area (TPSA) is 110 Å². The van der Waals surface area contributed by atoms with Crippen molar-refractivity contribution < 1.29 is 27.2 Å². The second kappa shape index (κ2) is 5.45. The van der Waals surface area contributed by atoms with E-state index in [1.807, 2.05) is 4.72 Å². The summed E-state index contributed by atoms with van der Waals surface area (Å²) in [7, 11) is -4.36. The second-order valence-corrected chi connectivity index (χ2v) is 6.58. The Labute approximate surface area is 126 Å². The van der Waals surface area contributed by atoms with Gasteiger partial charge in [-0.05, 0) is 19.1 Å². The van der Waals surface area contributed by atoms with Crippen LogP contribution in [0.1, 0.15) is 16.1 Å². The Hall–Kier alpha value is -1.94. The molecule has 7 nitrogen and oxygen atoms in total. The molecule has 1 heterocycles. The van der Waals surface area contributed by atoms with Crippen molar-refractivity contribution in [3.8, 4) is 0 Å². The van der Waals surface area contributed by atoms with Crippen molar-refractivity contribution in [1.29, 1.82) is 0 Å². The number of sulfonamides is 1. The van der Waals surface area contributed by atoms with Crippen LogP contribution in [0.15, 0.2) is 32.1 Å². The molecule has 0 saturated carbocycles. The molecule has 21 heavy (non-hydrogen) atoms. The van der Waals surface area contributed by atoms with Gasteiger partial charge >= 0.3 is 5.97 Å². The Balaban J connectivity index is 2.52. The predicted octanol–water partition coefficient (Wildman–Crippen LogP) is 2.38. The van der Waals surface area contributed by atoms with E-state index in [9.17, 15) is 17.6 Å². The highest BCUT2D eigenvalue weighted by atomic mass is 79.9. The zero-order valence-electron chi connectivity index (χ0n) is 10.4. The summed E-state index contributed by atoms with van der Waals surface area (Å²) in [6.07, 6.45) is 0. The number of hydrogen-bond acceptors (Lipinski definition) is 5. The van der Waals surface area contributed by atoms with E-state index in [1.165, 1.54) is 6.07 Å². The van der Waals surface area contributed by atoms with Crippen molar-refractivity contribution in [3.05, 3.63) is 39.7 Å². The molecule has 0 saturated heterocycles. The van der Waals surface area contributed by atoms with E-state index in [1.54, 1.807) is 6.92 Å². The lowest BCUT2D eigenvalue weighted by molar-refractivity contribution is 0.0691. The third-order valence-electron chi connectivity index (χ3n) is 2.39. The van der Waals surface area contributed by atoms with Crippen molar-refractivity contribution in [3.63, 3.8) is 0 Å². The van der Waals surface area contributed by atoms with Gasteiger partial charge in [-0.1, -0.05) is 21.1 Å². The highest BCUT2D eigenvalue weighted by Gasteiger charge is 2.26. The van der Waals surface area contributed by atoms with Gasteiger partial charge in [-0.15, -0.1) is 0 Å². The van der Waals surface area contributed by atoms with E-state index in [-0.39, 0.29) is 10.4 Å². The number of hydrogen-bond donors (Lipinski definition) is 2. The molecule has 0 spiro atoms. The number of aryl methyl sites for hydroxylation is 1. The standard InChI is InChI=1S/C11H8BrFN2O5S/c1-5-2-9(20-14-5)15-21(18,19)8-4-6(12)3-7(10(8)13)11(16)17/h2-4,15H,1H3,(H,16,17). The summed E-state index contributed by atoms with van der Waals surface area (Å²) in [6, 6.07) is 3.22. The van der Waals surface area contributed by atoms with Gasteiger partial charge in [0.1, 0.15) is 4.90 Å². The number of nitrogens with one attached hydrogen (secondary N) is 1. The van der Waals surface area contributed by atoms with Crippen molar-refractivity contribution in [1.82, 2.24) is 5.16 Å². The van der Waals surface area contributed by atoms with Gasteiger partial charge in [0, 0.05) is 10.5 Å². The first-order valence-corrected chi connectivity index (χ1v) is 7.67. The second-order valence-electron chi connectivity index (χ2n) is 4.01. The first-order chi connectivity index (χ1) is 9.70. The van der Waals surface area contributed by atoms with Crippen LogP contribution >= 0.6 is 15.9 Å². The van der Waals surface area contributed by atoms with Gasteiger partial charge in [-0.3, -0.25) is 0 Å². The lowest BCUT2D eigenvalue weighted by Gasteiger charge is -2.08. The van der Waals surface area contributed by atoms with Gasteiger partial charge in [0.2, 0.25) is 5.88 Å². The summed E-state index contributed by atoms with van der Waals surface area (Å²) in [4.78, 5) is 10.1. The third kappa shape index (κ3) is 3.22. The molecule has 1 aromatic carbocycles. The average molecular weight is 379 g/mol. The fourth-order valence-electron chi connectivity index (χ4n) is 1.51. The fourth-order valence-corrected chi connectivity index (χ4v) is 3.22. The van der Waals surface area contributed by atoms with Crippen LogP contribution in [0.25, 0.3) is 0 Å². The molecule has 2 N–H and O–H groups in total. The maximum Gasteiger partial charge on any atom is 0.338 e. The molecule has 2 rings (SSSR count). The van der Waals surface area contributed by atoms with Crippen LogP contribution in [0.2, 0.25) is 0 Å². The van der Waals surface area contributed by atoms with Crippen LogP contribution in [-0.4, -0.2) is 24.7 Å². The normalized spacial score (nSPS) is 11.4. The van der Waals surface area contributed by atoms with E-state index < -0.39 is 32.3 Å². The molecular formula is C11H8BrFN2O5S. The molecule has 2 aromatic rings. The Morgan fingerprint density at radius 3 is 2.62 bits per heavy atom. The van der Waals surface area contributed by atoms with Gasteiger partial charge < -0.3 is 9.63 Å². The Kier molecular flexibility index (Phi) is 4.01. The highest BCUT2D eigenvalue weighted by Crippen LogP contribution is 2.26. The highest BCUT2D eigenvalue weighted by molar-refractivity contribution is 9.10. The molecule has 0 bridgehead atoms. The molecule has 0 radical (unpaired) electrons. The summed E-state index contributed by atoms with van der Waals surface area (Å²) < 4.78 is 45.0. The zero-order valence-corrected chi connectivity index (χ0v) is 12.8. The maximum absolute atomic E-state index is 14.0. The molecule has 0 fully saturated rings. The van der Waals surface area contributed by atoms with Crippen molar-refractivity contribution in [2.24, 2.45) is 0 Å². The van der Waals surface area contributed by atoms with Gasteiger partial charge in [0.05, 0.1) is 11.3 Å². The number of carbonyl (C=O) groups is 1. The van der Waals surface area contributed by atoms with Crippen LogP contribution in [0.5, 0.6) is 0 Å². The van der Waals surface area contributed by atoms with Crippen molar-refractivity contribution >= 4 is 37.8 Å². The lowest BCUT2D eigenvalue weighted by atomic mass is 10.2. The SMILES string of the molecule is Cc1cc(NS(=O)(=O)c2cc(Br)cc(C(=O)O)c2F)on1. The van der Waals surface area contributed by atoms with Crippen LogP contribution in [0.4, 0.5) is 10.3 Å². The van der Waals surface area contributed by atoms with Crippen LogP contribution in [0.3, 0.4) is 0 Å².